The van der Waals surface area contributed by atoms with E-state index in [0.717, 1.165) is 23.1 Å². The van der Waals surface area contributed by atoms with Crippen molar-refractivity contribution in [3.63, 3.8) is 0 Å². The van der Waals surface area contributed by atoms with E-state index in [1.54, 1.807) is 6.07 Å². The molecule has 0 bridgehead atoms. The van der Waals surface area contributed by atoms with Crippen LogP contribution >= 0.6 is 15.9 Å². The molecule has 4 heteroatoms. The molecule has 116 valence electrons. The molecule has 0 amide bonds. The number of piperidine rings is 1. The Labute approximate surface area is 135 Å². The van der Waals surface area contributed by atoms with Gasteiger partial charge in [-0.1, -0.05) is 28.4 Å². The zero-order valence-corrected chi connectivity index (χ0v) is 14.2. The number of hydrogen-bond acceptors (Lipinski definition) is 2. The summed E-state index contributed by atoms with van der Waals surface area (Å²) in [6, 6.07) is 6.81. The summed E-state index contributed by atoms with van der Waals surface area (Å²) in [7, 11) is 0. The SMILES string of the molecule is CC(c1ccc(Br)cc1F)N(CC1CCCCN1)C1CC1. The normalized spacial score (nSPS) is 24.3. The fraction of sp³-hybridized carbons (Fsp3) is 0.647. The maximum atomic E-state index is 14.3. The van der Waals surface area contributed by atoms with Crippen LogP contribution < -0.4 is 5.32 Å². The maximum absolute atomic E-state index is 14.3. The molecular formula is C17H24BrFN2. The molecule has 2 atom stereocenters. The van der Waals surface area contributed by atoms with Gasteiger partial charge in [0.15, 0.2) is 0 Å². The van der Waals surface area contributed by atoms with Gasteiger partial charge in [0.05, 0.1) is 0 Å². The van der Waals surface area contributed by atoms with Crippen molar-refractivity contribution in [3.05, 3.63) is 34.1 Å². The number of nitrogens with zero attached hydrogens (tertiary/aromatic N) is 1. The number of hydrogen-bond donors (Lipinski definition) is 1. The molecule has 21 heavy (non-hydrogen) atoms. The van der Waals surface area contributed by atoms with Crippen LogP contribution in [0, 0.1) is 5.82 Å². The lowest BCUT2D eigenvalue weighted by molar-refractivity contribution is 0.164. The van der Waals surface area contributed by atoms with Crippen molar-refractivity contribution in [3.8, 4) is 0 Å². The molecule has 2 unspecified atom stereocenters. The van der Waals surface area contributed by atoms with Crippen LogP contribution in [-0.4, -0.2) is 30.1 Å². The van der Waals surface area contributed by atoms with Crippen LogP contribution in [0.3, 0.4) is 0 Å². The van der Waals surface area contributed by atoms with Crippen LogP contribution in [0.4, 0.5) is 4.39 Å². The molecule has 1 saturated carbocycles. The van der Waals surface area contributed by atoms with Crippen molar-refractivity contribution in [1.82, 2.24) is 10.2 Å². The standard InChI is InChI=1S/C17H24BrFN2/c1-12(16-8-5-13(18)10-17(16)19)21(15-6-7-15)11-14-4-2-3-9-20-14/h5,8,10,12,14-15,20H,2-4,6-7,9,11H2,1H3. The minimum atomic E-state index is -0.0980. The fourth-order valence-corrected chi connectivity index (χ4v) is 3.72. The molecule has 1 heterocycles. The van der Waals surface area contributed by atoms with E-state index in [2.05, 4.69) is 33.1 Å². The first kappa shape index (κ1) is 15.4. The molecule has 1 aliphatic carbocycles. The van der Waals surface area contributed by atoms with Crippen LogP contribution in [0.1, 0.15) is 50.6 Å². The van der Waals surface area contributed by atoms with Crippen LogP contribution in [0.15, 0.2) is 22.7 Å². The second kappa shape index (κ2) is 6.76. The van der Waals surface area contributed by atoms with Gasteiger partial charge in [-0.15, -0.1) is 0 Å². The highest BCUT2D eigenvalue weighted by molar-refractivity contribution is 9.10. The first-order valence-corrected chi connectivity index (χ1v) is 8.88. The quantitative estimate of drug-likeness (QED) is 0.849. The first-order valence-electron chi connectivity index (χ1n) is 8.09. The van der Waals surface area contributed by atoms with E-state index in [1.165, 1.54) is 32.1 Å². The molecule has 1 aliphatic heterocycles. The van der Waals surface area contributed by atoms with E-state index < -0.39 is 0 Å². The minimum Gasteiger partial charge on any atom is -0.313 e. The van der Waals surface area contributed by atoms with Gasteiger partial charge < -0.3 is 5.32 Å². The number of nitrogens with one attached hydrogen (secondary N) is 1. The third-order valence-electron chi connectivity index (χ3n) is 4.77. The van der Waals surface area contributed by atoms with Gasteiger partial charge in [-0.3, -0.25) is 4.90 Å². The largest absolute Gasteiger partial charge is 0.313 e. The molecule has 1 saturated heterocycles. The van der Waals surface area contributed by atoms with Gasteiger partial charge in [-0.25, -0.2) is 4.39 Å². The minimum absolute atomic E-state index is 0.0980. The summed E-state index contributed by atoms with van der Waals surface area (Å²) in [5.41, 5.74) is 0.820. The highest BCUT2D eigenvalue weighted by Gasteiger charge is 2.35. The topological polar surface area (TPSA) is 15.3 Å². The molecule has 0 aromatic heterocycles. The van der Waals surface area contributed by atoms with Gasteiger partial charge >= 0.3 is 0 Å². The Morgan fingerprint density at radius 3 is 2.76 bits per heavy atom. The summed E-state index contributed by atoms with van der Waals surface area (Å²) in [5, 5.41) is 3.62. The summed E-state index contributed by atoms with van der Waals surface area (Å²) >= 11 is 3.34. The average molecular weight is 355 g/mol. The maximum Gasteiger partial charge on any atom is 0.129 e. The summed E-state index contributed by atoms with van der Waals surface area (Å²) < 4.78 is 15.1. The van der Waals surface area contributed by atoms with Gasteiger partial charge in [0.1, 0.15) is 5.82 Å². The number of rotatable bonds is 5. The Morgan fingerprint density at radius 1 is 1.33 bits per heavy atom. The van der Waals surface area contributed by atoms with Crippen LogP contribution in [0.2, 0.25) is 0 Å². The van der Waals surface area contributed by atoms with Gasteiger partial charge in [0.25, 0.3) is 0 Å². The second-order valence-corrected chi connectivity index (χ2v) is 7.33. The summed E-state index contributed by atoms with van der Waals surface area (Å²) in [4.78, 5) is 2.51. The average Bonchev–Trinajstić information content (AvgIpc) is 3.30. The van der Waals surface area contributed by atoms with Crippen molar-refractivity contribution in [2.45, 2.75) is 57.2 Å². The van der Waals surface area contributed by atoms with E-state index in [0.29, 0.717) is 12.1 Å². The zero-order chi connectivity index (χ0) is 14.8. The van der Waals surface area contributed by atoms with Crippen molar-refractivity contribution in [2.75, 3.05) is 13.1 Å². The van der Waals surface area contributed by atoms with Gasteiger partial charge in [-0.2, -0.15) is 0 Å². The van der Waals surface area contributed by atoms with E-state index in [-0.39, 0.29) is 11.9 Å². The smallest absolute Gasteiger partial charge is 0.129 e. The molecule has 2 fully saturated rings. The second-order valence-electron chi connectivity index (χ2n) is 6.42. The molecule has 1 aromatic rings. The first-order chi connectivity index (χ1) is 10.1. The highest BCUT2D eigenvalue weighted by Crippen LogP contribution is 2.36. The Kier molecular flexibility index (Phi) is 4.97. The van der Waals surface area contributed by atoms with Gasteiger partial charge in [-0.05, 0) is 51.3 Å². The van der Waals surface area contributed by atoms with E-state index in [9.17, 15) is 4.39 Å². The third kappa shape index (κ3) is 3.85. The Balaban J connectivity index is 1.73. The Morgan fingerprint density at radius 2 is 2.14 bits per heavy atom. The van der Waals surface area contributed by atoms with E-state index in [4.69, 9.17) is 0 Å². The molecule has 1 aromatic carbocycles. The molecule has 0 radical (unpaired) electrons. The highest BCUT2D eigenvalue weighted by atomic mass is 79.9. The number of halogens is 2. The summed E-state index contributed by atoms with van der Waals surface area (Å²) in [5.74, 6) is -0.0980. The predicted molar refractivity (Wildman–Crippen MR) is 87.9 cm³/mol. The fourth-order valence-electron chi connectivity index (χ4n) is 3.38. The third-order valence-corrected chi connectivity index (χ3v) is 5.26. The van der Waals surface area contributed by atoms with Crippen LogP contribution in [0.25, 0.3) is 0 Å². The Bertz CT molecular complexity index is 484. The lowest BCUT2D eigenvalue weighted by atomic mass is 10.0. The van der Waals surface area contributed by atoms with Gasteiger partial charge in [0, 0.05) is 34.7 Å². The number of benzene rings is 1. The summed E-state index contributed by atoms with van der Waals surface area (Å²) in [6.45, 7) is 4.32. The molecular weight excluding hydrogens is 331 g/mol. The van der Waals surface area contributed by atoms with Gasteiger partial charge in [0.2, 0.25) is 0 Å². The predicted octanol–water partition coefficient (Wildman–Crippen LogP) is 4.26. The molecule has 3 rings (SSSR count). The van der Waals surface area contributed by atoms with Crippen molar-refractivity contribution in [1.29, 1.82) is 0 Å². The zero-order valence-electron chi connectivity index (χ0n) is 12.6. The molecule has 0 spiro atoms. The lowest BCUT2D eigenvalue weighted by Gasteiger charge is -2.35. The molecule has 2 aliphatic rings. The lowest BCUT2D eigenvalue weighted by Crippen LogP contribution is -2.45. The molecule has 2 nitrogen and oxygen atoms in total. The Hall–Kier alpha value is -0.450. The monoisotopic (exact) mass is 354 g/mol. The molecule has 1 N–H and O–H groups in total. The summed E-state index contributed by atoms with van der Waals surface area (Å²) in [6.07, 6.45) is 6.37. The van der Waals surface area contributed by atoms with E-state index in [1.807, 2.05) is 12.1 Å². The van der Waals surface area contributed by atoms with Crippen molar-refractivity contribution >= 4 is 15.9 Å². The van der Waals surface area contributed by atoms with E-state index >= 15 is 0 Å². The van der Waals surface area contributed by atoms with Crippen LogP contribution in [0.5, 0.6) is 0 Å². The van der Waals surface area contributed by atoms with Crippen LogP contribution in [-0.2, 0) is 0 Å². The van der Waals surface area contributed by atoms with Crippen molar-refractivity contribution in [2.24, 2.45) is 0 Å². The van der Waals surface area contributed by atoms with Crippen molar-refractivity contribution < 1.29 is 4.39 Å².